The van der Waals surface area contributed by atoms with Gasteiger partial charge in [-0.3, -0.25) is 4.79 Å². The van der Waals surface area contributed by atoms with Crippen LogP contribution in [-0.2, 0) is 0 Å². The van der Waals surface area contributed by atoms with Crippen LogP contribution >= 0.6 is 0 Å². The van der Waals surface area contributed by atoms with Gasteiger partial charge in [0.2, 0.25) is 0 Å². The molecule has 0 N–H and O–H groups in total. The van der Waals surface area contributed by atoms with E-state index in [4.69, 9.17) is 4.74 Å². The second-order valence-corrected chi connectivity index (χ2v) is 4.37. The molecule has 0 saturated carbocycles. The van der Waals surface area contributed by atoms with Crippen LogP contribution in [-0.4, -0.2) is 31.5 Å². The number of ether oxygens (including phenoxy) is 1. The lowest BCUT2D eigenvalue weighted by molar-refractivity contribution is 0.0799. The van der Waals surface area contributed by atoms with Crippen molar-refractivity contribution in [1.29, 1.82) is 0 Å². The van der Waals surface area contributed by atoms with E-state index < -0.39 is 0 Å². The molecule has 0 spiro atoms. The molecule has 86 valence electrons. The molecule has 1 aliphatic heterocycles. The Morgan fingerprint density at radius 1 is 1.44 bits per heavy atom. The van der Waals surface area contributed by atoms with Crippen LogP contribution in [0, 0.1) is 0 Å². The zero-order valence-electron chi connectivity index (χ0n) is 9.99. The summed E-state index contributed by atoms with van der Waals surface area (Å²) in [6.45, 7) is 2.97. The molecule has 1 amide bonds. The lowest BCUT2D eigenvalue weighted by atomic mass is 9.94. The number of nitrogens with zero attached hydrogens (tertiary/aromatic N) is 1. The van der Waals surface area contributed by atoms with Gasteiger partial charge in [0.05, 0.1) is 7.11 Å². The fraction of sp³-hybridized carbons (Fsp3) is 0.462. The molecular formula is C13H17NO2. The van der Waals surface area contributed by atoms with Crippen molar-refractivity contribution in [3.05, 3.63) is 29.3 Å². The Balaban J connectivity index is 2.51. The van der Waals surface area contributed by atoms with Crippen molar-refractivity contribution in [1.82, 2.24) is 4.90 Å². The summed E-state index contributed by atoms with van der Waals surface area (Å²) in [6, 6.07) is 5.70. The van der Waals surface area contributed by atoms with Gasteiger partial charge in [-0.2, -0.15) is 0 Å². The highest BCUT2D eigenvalue weighted by molar-refractivity contribution is 5.96. The molecule has 1 aliphatic rings. The molecule has 1 unspecified atom stereocenters. The lowest BCUT2D eigenvalue weighted by Crippen LogP contribution is -2.26. The van der Waals surface area contributed by atoms with E-state index in [1.807, 2.05) is 25.2 Å². The predicted molar refractivity (Wildman–Crippen MR) is 63.0 cm³/mol. The Morgan fingerprint density at radius 2 is 2.19 bits per heavy atom. The van der Waals surface area contributed by atoms with Gasteiger partial charge in [0.15, 0.2) is 0 Å². The van der Waals surface area contributed by atoms with Gasteiger partial charge < -0.3 is 9.64 Å². The van der Waals surface area contributed by atoms with Crippen molar-refractivity contribution < 1.29 is 9.53 Å². The summed E-state index contributed by atoms with van der Waals surface area (Å²) in [7, 11) is 3.51. The van der Waals surface area contributed by atoms with Crippen LogP contribution in [0.25, 0.3) is 0 Å². The quantitative estimate of drug-likeness (QED) is 0.725. The molecule has 1 heterocycles. The van der Waals surface area contributed by atoms with Crippen molar-refractivity contribution in [2.24, 2.45) is 0 Å². The summed E-state index contributed by atoms with van der Waals surface area (Å²) < 4.78 is 5.21. The second-order valence-electron chi connectivity index (χ2n) is 4.37. The molecule has 1 aromatic rings. The number of methoxy groups -OCH3 is 1. The highest BCUT2D eigenvalue weighted by Gasteiger charge is 2.23. The third-order valence-corrected chi connectivity index (χ3v) is 3.26. The van der Waals surface area contributed by atoms with E-state index in [1.165, 1.54) is 0 Å². The van der Waals surface area contributed by atoms with Gasteiger partial charge in [-0.25, -0.2) is 0 Å². The van der Waals surface area contributed by atoms with Crippen molar-refractivity contribution in [3.63, 3.8) is 0 Å². The van der Waals surface area contributed by atoms with Gasteiger partial charge >= 0.3 is 0 Å². The average molecular weight is 219 g/mol. The summed E-state index contributed by atoms with van der Waals surface area (Å²) in [5, 5.41) is 0. The van der Waals surface area contributed by atoms with Crippen LogP contribution in [0.2, 0.25) is 0 Å². The molecule has 0 aliphatic carbocycles. The zero-order valence-corrected chi connectivity index (χ0v) is 9.99. The topological polar surface area (TPSA) is 29.5 Å². The first-order valence-corrected chi connectivity index (χ1v) is 5.57. The Labute approximate surface area is 96.0 Å². The van der Waals surface area contributed by atoms with E-state index in [9.17, 15) is 4.79 Å². The van der Waals surface area contributed by atoms with Crippen LogP contribution in [0.1, 0.15) is 35.2 Å². The maximum atomic E-state index is 12.1. The second kappa shape index (κ2) is 4.16. The largest absolute Gasteiger partial charge is 0.497 e. The fourth-order valence-corrected chi connectivity index (χ4v) is 2.12. The number of carbonyl (C=O) groups is 1. The molecule has 16 heavy (non-hydrogen) atoms. The van der Waals surface area contributed by atoms with E-state index in [-0.39, 0.29) is 5.91 Å². The molecular weight excluding hydrogens is 202 g/mol. The van der Waals surface area contributed by atoms with Gasteiger partial charge in [-0.1, -0.05) is 6.92 Å². The lowest BCUT2D eigenvalue weighted by Gasteiger charge is -2.14. The molecule has 1 atom stereocenters. The smallest absolute Gasteiger partial charge is 0.253 e. The van der Waals surface area contributed by atoms with E-state index in [0.717, 1.165) is 29.8 Å². The third-order valence-electron chi connectivity index (χ3n) is 3.26. The van der Waals surface area contributed by atoms with Gasteiger partial charge in [-0.15, -0.1) is 0 Å². The van der Waals surface area contributed by atoms with Crippen LogP contribution in [0.5, 0.6) is 5.75 Å². The highest BCUT2D eigenvalue weighted by atomic mass is 16.5. The summed E-state index contributed by atoms with van der Waals surface area (Å²) in [4.78, 5) is 13.9. The number of fused-ring (bicyclic) bond motifs is 1. The van der Waals surface area contributed by atoms with Crippen molar-refractivity contribution in [3.8, 4) is 5.75 Å². The van der Waals surface area contributed by atoms with Gasteiger partial charge in [0, 0.05) is 19.2 Å². The fourth-order valence-electron chi connectivity index (χ4n) is 2.12. The Kier molecular flexibility index (Phi) is 2.86. The van der Waals surface area contributed by atoms with Crippen LogP contribution < -0.4 is 4.74 Å². The minimum Gasteiger partial charge on any atom is -0.497 e. The molecule has 0 fully saturated rings. The minimum absolute atomic E-state index is 0.113. The molecule has 0 radical (unpaired) electrons. The maximum Gasteiger partial charge on any atom is 0.253 e. The number of hydrogen-bond donors (Lipinski definition) is 0. The third kappa shape index (κ3) is 1.77. The first kappa shape index (κ1) is 11.0. The zero-order chi connectivity index (χ0) is 11.7. The number of carbonyl (C=O) groups excluding carboxylic acids is 1. The summed E-state index contributed by atoms with van der Waals surface area (Å²) in [5.41, 5.74) is 1.92. The first-order chi connectivity index (χ1) is 7.63. The predicted octanol–water partition coefficient (Wildman–Crippen LogP) is 2.27. The Bertz CT molecular complexity index is 414. The number of hydrogen-bond acceptors (Lipinski definition) is 2. The molecule has 0 saturated heterocycles. The minimum atomic E-state index is 0.113. The first-order valence-electron chi connectivity index (χ1n) is 5.57. The maximum absolute atomic E-state index is 12.1. The molecule has 3 nitrogen and oxygen atoms in total. The SMILES string of the molecule is COc1ccc2c(c1)C(C)CCN(C)C2=O. The standard InChI is InChI=1S/C13H17NO2/c1-9-6-7-14(2)13(15)11-5-4-10(16-3)8-12(9)11/h4-5,8-9H,6-7H2,1-3H3. The monoisotopic (exact) mass is 219 g/mol. The molecule has 3 heteroatoms. The van der Waals surface area contributed by atoms with Crippen molar-refractivity contribution in [2.45, 2.75) is 19.3 Å². The van der Waals surface area contributed by atoms with Crippen molar-refractivity contribution >= 4 is 5.91 Å². The molecule has 2 rings (SSSR count). The number of rotatable bonds is 1. The molecule has 1 aromatic carbocycles. The number of amides is 1. The van der Waals surface area contributed by atoms with E-state index in [0.29, 0.717) is 5.92 Å². The average Bonchev–Trinajstić information content (AvgIpc) is 2.42. The highest BCUT2D eigenvalue weighted by Crippen LogP contribution is 2.30. The van der Waals surface area contributed by atoms with E-state index in [1.54, 1.807) is 12.0 Å². The Morgan fingerprint density at radius 3 is 2.88 bits per heavy atom. The normalized spacial score (nSPS) is 20.3. The van der Waals surface area contributed by atoms with Gasteiger partial charge in [-0.05, 0) is 36.1 Å². The van der Waals surface area contributed by atoms with Crippen LogP contribution in [0.4, 0.5) is 0 Å². The summed E-state index contributed by atoms with van der Waals surface area (Å²) >= 11 is 0. The molecule has 0 aromatic heterocycles. The van der Waals surface area contributed by atoms with E-state index in [2.05, 4.69) is 6.92 Å². The van der Waals surface area contributed by atoms with Gasteiger partial charge in [0.1, 0.15) is 5.75 Å². The molecule has 0 bridgehead atoms. The van der Waals surface area contributed by atoms with E-state index >= 15 is 0 Å². The Hall–Kier alpha value is -1.51. The van der Waals surface area contributed by atoms with Gasteiger partial charge in [0.25, 0.3) is 5.91 Å². The van der Waals surface area contributed by atoms with Crippen molar-refractivity contribution in [2.75, 3.05) is 20.7 Å². The summed E-state index contributed by atoms with van der Waals surface area (Å²) in [6.07, 6.45) is 1.00. The van der Waals surface area contributed by atoms with Crippen LogP contribution in [0.15, 0.2) is 18.2 Å². The number of benzene rings is 1. The van der Waals surface area contributed by atoms with Crippen LogP contribution in [0.3, 0.4) is 0 Å². The summed E-state index contributed by atoms with van der Waals surface area (Å²) in [5.74, 6) is 1.34.